The van der Waals surface area contributed by atoms with Crippen molar-refractivity contribution < 1.29 is 23.9 Å². The van der Waals surface area contributed by atoms with Crippen LogP contribution >= 0.6 is 0 Å². The first-order valence-electron chi connectivity index (χ1n) is 7.94. The Labute approximate surface area is 151 Å². The molecule has 0 bridgehead atoms. The van der Waals surface area contributed by atoms with Gasteiger partial charge in [-0.3, -0.25) is 4.79 Å². The molecule has 0 aliphatic rings. The van der Waals surface area contributed by atoms with E-state index in [0.717, 1.165) is 0 Å². The molecule has 0 aliphatic carbocycles. The number of anilines is 2. The van der Waals surface area contributed by atoms with Crippen LogP contribution in [-0.2, 0) is 14.3 Å². The highest BCUT2D eigenvalue weighted by atomic mass is 16.5. The van der Waals surface area contributed by atoms with Crippen LogP contribution in [0.15, 0.2) is 48.5 Å². The molecule has 2 aromatic carbocycles. The Morgan fingerprint density at radius 1 is 0.923 bits per heavy atom. The van der Waals surface area contributed by atoms with Gasteiger partial charge in [0.15, 0.2) is 0 Å². The highest BCUT2D eigenvalue weighted by Gasteiger charge is 2.13. The molecule has 2 aromatic rings. The summed E-state index contributed by atoms with van der Waals surface area (Å²) in [5.41, 5.74) is 1.82. The number of rotatable bonds is 7. The van der Waals surface area contributed by atoms with E-state index in [2.05, 4.69) is 15.4 Å². The van der Waals surface area contributed by atoms with Crippen LogP contribution in [0, 0.1) is 0 Å². The molecule has 2 N–H and O–H groups in total. The predicted octanol–water partition coefficient (Wildman–Crippen LogP) is 2.70. The molecule has 0 atom stereocenters. The summed E-state index contributed by atoms with van der Waals surface area (Å²) in [6.07, 6.45) is 0.179. The molecule has 7 heteroatoms. The molecule has 0 unspecified atom stereocenters. The second-order valence-corrected chi connectivity index (χ2v) is 5.33. The first-order valence-corrected chi connectivity index (χ1v) is 7.94. The molecule has 0 fully saturated rings. The average Bonchev–Trinajstić information content (AvgIpc) is 2.67. The second kappa shape index (κ2) is 9.22. The lowest BCUT2D eigenvalue weighted by molar-refractivity contribution is -0.115. The third-order valence-electron chi connectivity index (χ3n) is 3.57. The van der Waals surface area contributed by atoms with Gasteiger partial charge >= 0.3 is 11.9 Å². The SMILES string of the molecule is COC(=O)c1cccc(NCCC(=O)Nc2ccccc2C(=O)OC)c1. The molecular weight excluding hydrogens is 336 g/mol. The standard InChI is InChI=1S/C19H20N2O5/c1-25-18(23)13-6-5-7-14(12-13)20-11-10-17(22)21-16-9-4-3-8-15(16)19(24)26-2/h3-9,12,20H,10-11H2,1-2H3,(H,21,22). The number of amides is 1. The molecule has 7 nitrogen and oxygen atoms in total. The van der Waals surface area contributed by atoms with E-state index in [9.17, 15) is 14.4 Å². The van der Waals surface area contributed by atoms with Crippen molar-refractivity contribution in [3.8, 4) is 0 Å². The highest BCUT2D eigenvalue weighted by molar-refractivity contribution is 6.01. The quantitative estimate of drug-likeness (QED) is 0.741. The summed E-state index contributed by atoms with van der Waals surface area (Å²) >= 11 is 0. The van der Waals surface area contributed by atoms with Gasteiger partial charge in [0.1, 0.15) is 0 Å². The van der Waals surface area contributed by atoms with Gasteiger partial charge in [0.2, 0.25) is 5.91 Å². The van der Waals surface area contributed by atoms with Gasteiger partial charge in [0.25, 0.3) is 0 Å². The molecule has 0 aromatic heterocycles. The molecule has 0 aliphatic heterocycles. The maximum atomic E-state index is 12.1. The van der Waals surface area contributed by atoms with Gasteiger partial charge in [-0.25, -0.2) is 9.59 Å². The van der Waals surface area contributed by atoms with Crippen LogP contribution in [0.3, 0.4) is 0 Å². The van der Waals surface area contributed by atoms with Gasteiger partial charge in [-0.05, 0) is 30.3 Å². The maximum Gasteiger partial charge on any atom is 0.339 e. The van der Waals surface area contributed by atoms with E-state index in [-0.39, 0.29) is 12.3 Å². The number of para-hydroxylation sites is 1. The smallest absolute Gasteiger partial charge is 0.339 e. The van der Waals surface area contributed by atoms with Crippen molar-refractivity contribution in [3.63, 3.8) is 0 Å². The topological polar surface area (TPSA) is 93.7 Å². The predicted molar refractivity (Wildman–Crippen MR) is 97.3 cm³/mol. The van der Waals surface area contributed by atoms with Crippen LogP contribution < -0.4 is 10.6 Å². The molecule has 2 rings (SSSR count). The van der Waals surface area contributed by atoms with Crippen molar-refractivity contribution >= 4 is 29.2 Å². The normalized spacial score (nSPS) is 9.92. The van der Waals surface area contributed by atoms with E-state index in [0.29, 0.717) is 29.0 Å². The zero-order valence-electron chi connectivity index (χ0n) is 14.6. The van der Waals surface area contributed by atoms with Gasteiger partial charge in [0.05, 0.1) is 31.0 Å². The van der Waals surface area contributed by atoms with Crippen LogP contribution in [-0.4, -0.2) is 38.6 Å². The first-order chi connectivity index (χ1) is 12.5. The van der Waals surface area contributed by atoms with E-state index in [1.54, 1.807) is 48.5 Å². The van der Waals surface area contributed by atoms with Gasteiger partial charge in [-0.15, -0.1) is 0 Å². The molecule has 0 saturated heterocycles. The number of carbonyl (C=O) groups excluding carboxylic acids is 3. The van der Waals surface area contributed by atoms with E-state index in [1.807, 2.05) is 0 Å². The Hall–Kier alpha value is -3.35. The minimum atomic E-state index is -0.515. The van der Waals surface area contributed by atoms with Crippen molar-refractivity contribution in [2.45, 2.75) is 6.42 Å². The summed E-state index contributed by atoms with van der Waals surface area (Å²) in [5.74, 6) is -1.19. The van der Waals surface area contributed by atoms with Crippen LogP contribution in [0.5, 0.6) is 0 Å². The lowest BCUT2D eigenvalue weighted by Gasteiger charge is -2.11. The Morgan fingerprint density at radius 3 is 2.38 bits per heavy atom. The average molecular weight is 356 g/mol. The Morgan fingerprint density at radius 2 is 1.65 bits per heavy atom. The monoisotopic (exact) mass is 356 g/mol. The Bertz CT molecular complexity index is 804. The fraction of sp³-hybridized carbons (Fsp3) is 0.211. The number of nitrogens with one attached hydrogen (secondary N) is 2. The Kier molecular flexibility index (Phi) is 6.73. The lowest BCUT2D eigenvalue weighted by Crippen LogP contribution is -2.18. The molecule has 136 valence electrons. The van der Waals surface area contributed by atoms with Crippen LogP contribution in [0.2, 0.25) is 0 Å². The fourth-order valence-electron chi connectivity index (χ4n) is 2.29. The summed E-state index contributed by atoms with van der Waals surface area (Å²) in [4.78, 5) is 35.3. The van der Waals surface area contributed by atoms with E-state index in [4.69, 9.17) is 4.74 Å². The van der Waals surface area contributed by atoms with Crippen molar-refractivity contribution in [2.24, 2.45) is 0 Å². The van der Waals surface area contributed by atoms with Crippen molar-refractivity contribution in [3.05, 3.63) is 59.7 Å². The molecular formula is C19H20N2O5. The molecule has 0 heterocycles. The van der Waals surface area contributed by atoms with Crippen LogP contribution in [0.4, 0.5) is 11.4 Å². The summed E-state index contributed by atoms with van der Waals surface area (Å²) in [7, 11) is 2.60. The summed E-state index contributed by atoms with van der Waals surface area (Å²) in [6, 6.07) is 13.4. The van der Waals surface area contributed by atoms with Crippen LogP contribution in [0.25, 0.3) is 0 Å². The van der Waals surface area contributed by atoms with Gasteiger partial charge in [-0.2, -0.15) is 0 Å². The summed E-state index contributed by atoms with van der Waals surface area (Å²) < 4.78 is 9.37. The molecule has 0 radical (unpaired) electrons. The van der Waals surface area contributed by atoms with E-state index in [1.165, 1.54) is 14.2 Å². The second-order valence-electron chi connectivity index (χ2n) is 5.33. The van der Waals surface area contributed by atoms with Gasteiger partial charge in [-0.1, -0.05) is 18.2 Å². The first kappa shape index (κ1) is 19.0. The lowest BCUT2D eigenvalue weighted by atomic mass is 10.1. The highest BCUT2D eigenvalue weighted by Crippen LogP contribution is 2.16. The zero-order chi connectivity index (χ0) is 18.9. The molecule has 0 saturated carbocycles. The largest absolute Gasteiger partial charge is 0.465 e. The van der Waals surface area contributed by atoms with Crippen molar-refractivity contribution in [1.29, 1.82) is 0 Å². The minimum absolute atomic E-state index is 0.179. The Balaban J connectivity index is 1.90. The maximum absolute atomic E-state index is 12.1. The van der Waals surface area contributed by atoms with E-state index >= 15 is 0 Å². The number of hydrogen-bond donors (Lipinski definition) is 2. The third-order valence-corrected chi connectivity index (χ3v) is 3.57. The summed E-state index contributed by atoms with van der Waals surface area (Å²) in [6.45, 7) is 0.358. The number of esters is 2. The number of carbonyl (C=O) groups is 3. The van der Waals surface area contributed by atoms with Crippen molar-refractivity contribution in [1.82, 2.24) is 0 Å². The van der Waals surface area contributed by atoms with E-state index < -0.39 is 11.9 Å². The molecule has 0 spiro atoms. The summed E-state index contributed by atoms with van der Waals surface area (Å²) in [5, 5.41) is 5.77. The van der Waals surface area contributed by atoms with Crippen LogP contribution in [0.1, 0.15) is 27.1 Å². The zero-order valence-corrected chi connectivity index (χ0v) is 14.6. The van der Waals surface area contributed by atoms with Gasteiger partial charge < -0.3 is 20.1 Å². The molecule has 26 heavy (non-hydrogen) atoms. The molecule has 1 amide bonds. The number of methoxy groups -OCH3 is 2. The number of benzene rings is 2. The van der Waals surface area contributed by atoms with Gasteiger partial charge in [0, 0.05) is 18.7 Å². The van der Waals surface area contributed by atoms with Crippen molar-refractivity contribution in [2.75, 3.05) is 31.4 Å². The fourth-order valence-corrected chi connectivity index (χ4v) is 2.29. The number of ether oxygens (including phenoxy) is 2. The number of hydrogen-bond acceptors (Lipinski definition) is 6. The third kappa shape index (κ3) is 5.07. The minimum Gasteiger partial charge on any atom is -0.465 e.